The van der Waals surface area contributed by atoms with Crippen LogP contribution in [0.1, 0.15) is 0 Å². The summed E-state index contributed by atoms with van der Waals surface area (Å²) in [5, 5.41) is 1.46. The third kappa shape index (κ3) is 2.02. The highest BCUT2D eigenvalue weighted by Gasteiger charge is 2.10. The fraction of sp³-hybridized carbons (Fsp3) is 0.118. The number of rotatable bonds is 3. The first-order chi connectivity index (χ1) is 9.72. The van der Waals surface area contributed by atoms with Gasteiger partial charge in [0.2, 0.25) is 0 Å². The molecule has 0 aliphatic heterocycles. The molecule has 3 aromatic rings. The fourth-order valence-corrected chi connectivity index (χ4v) is 2.60. The Morgan fingerprint density at radius 2 is 1.50 bits per heavy atom. The summed E-state index contributed by atoms with van der Waals surface area (Å²) in [5.74, 6) is 0.411. The Labute approximate surface area is 121 Å². The second-order valence-corrected chi connectivity index (χ2v) is 5.10. The Kier molecular flexibility index (Phi) is 3.33. The number of aromatic nitrogens is 1. The second kappa shape index (κ2) is 5.14. The van der Waals surface area contributed by atoms with Gasteiger partial charge in [0.05, 0.1) is 11.0 Å². The largest absolute Gasteiger partial charge is 0.336 e. The number of nitrogens with zero attached hydrogens (tertiary/aromatic N) is 1. The van der Waals surface area contributed by atoms with E-state index in [2.05, 4.69) is 11.1 Å². The minimum absolute atomic E-state index is 0.0731. The van der Waals surface area contributed by atoms with Crippen molar-refractivity contribution < 1.29 is 0 Å². The molecule has 0 aliphatic carbocycles. The first-order valence-electron chi connectivity index (χ1n) is 6.45. The number of allylic oxidation sites excluding steroid dienone is 1. The van der Waals surface area contributed by atoms with Crippen molar-refractivity contribution in [2.24, 2.45) is 0 Å². The van der Waals surface area contributed by atoms with Crippen LogP contribution in [0.15, 0.2) is 65.5 Å². The highest BCUT2D eigenvalue weighted by Crippen LogP contribution is 2.20. The molecule has 0 saturated carbocycles. The molecule has 0 atom stereocenters. The van der Waals surface area contributed by atoms with Crippen LogP contribution in [-0.4, -0.2) is 10.4 Å². The zero-order chi connectivity index (χ0) is 14.1. The molecule has 1 aromatic heterocycles. The Morgan fingerprint density at radius 3 is 2.00 bits per heavy atom. The van der Waals surface area contributed by atoms with Gasteiger partial charge in [-0.2, -0.15) is 0 Å². The molecule has 0 amide bonds. The average molecular weight is 284 g/mol. The lowest BCUT2D eigenvalue weighted by Gasteiger charge is -2.15. The van der Waals surface area contributed by atoms with Gasteiger partial charge in [-0.05, 0) is 29.8 Å². The lowest BCUT2D eigenvalue weighted by Crippen LogP contribution is -2.12. The van der Waals surface area contributed by atoms with Crippen LogP contribution in [0.2, 0.25) is 0 Å². The van der Waals surface area contributed by atoms with Crippen molar-refractivity contribution in [3.63, 3.8) is 0 Å². The van der Waals surface area contributed by atoms with Gasteiger partial charge in [-0.3, -0.25) is 4.79 Å². The van der Waals surface area contributed by atoms with Crippen molar-refractivity contribution >= 4 is 33.4 Å². The van der Waals surface area contributed by atoms with Gasteiger partial charge in [0.25, 0.3) is 0 Å². The summed E-state index contributed by atoms with van der Waals surface area (Å²) in [6.45, 7) is 4.59. The second-order valence-electron chi connectivity index (χ2n) is 4.83. The molecule has 3 heteroatoms. The summed E-state index contributed by atoms with van der Waals surface area (Å²) >= 11 is 5.86. The summed E-state index contributed by atoms with van der Waals surface area (Å²) in [4.78, 5) is 12.5. The van der Waals surface area contributed by atoms with Gasteiger partial charge in [-0.15, -0.1) is 11.6 Å². The fourth-order valence-electron chi connectivity index (χ4n) is 2.51. The van der Waals surface area contributed by atoms with Gasteiger partial charge in [0.1, 0.15) is 0 Å². The monoisotopic (exact) mass is 283 g/mol. The zero-order valence-corrected chi connectivity index (χ0v) is 11.7. The Balaban J connectivity index is 2.46. The molecule has 0 aliphatic rings. The maximum Gasteiger partial charge on any atom is 0.197 e. The van der Waals surface area contributed by atoms with Gasteiger partial charge >= 0.3 is 0 Å². The standard InChI is InChI=1S/C17H14ClNO/c1-12(10-18)11-19-15-8-4-2-6-13(15)17(20)14-7-3-5-9-16(14)19/h2-9H,1,10-11H2. The predicted octanol–water partition coefficient (Wildman–Crippen LogP) is 3.95. The van der Waals surface area contributed by atoms with Crippen LogP contribution in [0, 0.1) is 0 Å². The van der Waals surface area contributed by atoms with E-state index in [0.29, 0.717) is 12.4 Å². The van der Waals surface area contributed by atoms with Crippen molar-refractivity contribution in [2.45, 2.75) is 6.54 Å². The number of halogens is 1. The normalized spacial score (nSPS) is 11.1. The van der Waals surface area contributed by atoms with Gasteiger partial charge in [0.15, 0.2) is 5.43 Å². The number of hydrogen-bond acceptors (Lipinski definition) is 1. The van der Waals surface area contributed by atoms with Gasteiger partial charge in [-0.25, -0.2) is 0 Å². The average Bonchev–Trinajstić information content (AvgIpc) is 2.51. The van der Waals surface area contributed by atoms with Crippen LogP contribution in [0.5, 0.6) is 0 Å². The first kappa shape index (κ1) is 12.9. The van der Waals surface area contributed by atoms with Crippen molar-refractivity contribution in [3.8, 4) is 0 Å². The SMILES string of the molecule is C=C(CCl)Cn1c2ccccc2c(=O)c2ccccc21. The van der Waals surface area contributed by atoms with Crippen LogP contribution in [0.3, 0.4) is 0 Å². The zero-order valence-electron chi connectivity index (χ0n) is 11.0. The van der Waals surface area contributed by atoms with E-state index in [4.69, 9.17) is 11.6 Å². The van der Waals surface area contributed by atoms with E-state index in [1.54, 1.807) is 0 Å². The number of pyridine rings is 1. The Hall–Kier alpha value is -2.06. The van der Waals surface area contributed by atoms with E-state index in [1.165, 1.54) is 0 Å². The lowest BCUT2D eigenvalue weighted by molar-refractivity contribution is 0.848. The first-order valence-corrected chi connectivity index (χ1v) is 6.98. The molecular formula is C17H14ClNO. The van der Waals surface area contributed by atoms with Crippen LogP contribution < -0.4 is 5.43 Å². The summed E-state index contributed by atoms with van der Waals surface area (Å²) in [6.07, 6.45) is 0. The van der Waals surface area contributed by atoms with E-state index >= 15 is 0 Å². The maximum absolute atomic E-state index is 12.5. The van der Waals surface area contributed by atoms with E-state index in [0.717, 1.165) is 27.4 Å². The molecule has 0 N–H and O–H groups in total. The molecule has 0 saturated heterocycles. The van der Waals surface area contributed by atoms with E-state index in [9.17, 15) is 4.79 Å². The van der Waals surface area contributed by atoms with Crippen LogP contribution in [-0.2, 0) is 6.54 Å². The van der Waals surface area contributed by atoms with Crippen molar-refractivity contribution in [2.75, 3.05) is 5.88 Å². The third-order valence-corrected chi connectivity index (χ3v) is 3.83. The Bertz CT molecular complexity index is 804. The maximum atomic E-state index is 12.5. The molecule has 2 nitrogen and oxygen atoms in total. The molecule has 0 unspecified atom stereocenters. The summed E-state index contributed by atoms with van der Waals surface area (Å²) in [6, 6.07) is 15.3. The number of para-hydroxylation sites is 2. The highest BCUT2D eigenvalue weighted by atomic mass is 35.5. The lowest BCUT2D eigenvalue weighted by atomic mass is 10.1. The van der Waals surface area contributed by atoms with Crippen molar-refractivity contribution in [1.82, 2.24) is 4.57 Å². The number of fused-ring (bicyclic) bond motifs is 2. The number of benzene rings is 2. The van der Waals surface area contributed by atoms with Crippen LogP contribution in [0.4, 0.5) is 0 Å². The molecule has 0 fully saturated rings. The van der Waals surface area contributed by atoms with E-state index in [-0.39, 0.29) is 5.43 Å². The molecule has 0 bridgehead atoms. The summed E-state index contributed by atoms with van der Waals surface area (Å²) in [5.41, 5.74) is 2.83. The molecule has 1 heterocycles. The van der Waals surface area contributed by atoms with E-state index < -0.39 is 0 Å². The molecular weight excluding hydrogens is 270 g/mol. The number of hydrogen-bond donors (Lipinski definition) is 0. The quantitative estimate of drug-likeness (QED) is 0.405. The molecule has 2 aromatic carbocycles. The van der Waals surface area contributed by atoms with Crippen LogP contribution >= 0.6 is 11.6 Å². The molecule has 0 spiro atoms. The third-order valence-electron chi connectivity index (χ3n) is 3.45. The Morgan fingerprint density at radius 1 is 1.00 bits per heavy atom. The highest BCUT2D eigenvalue weighted by molar-refractivity contribution is 6.19. The summed E-state index contributed by atoms with van der Waals surface area (Å²) < 4.78 is 2.11. The topological polar surface area (TPSA) is 22.0 Å². The van der Waals surface area contributed by atoms with Crippen molar-refractivity contribution in [1.29, 1.82) is 0 Å². The van der Waals surface area contributed by atoms with E-state index in [1.807, 2.05) is 48.5 Å². The van der Waals surface area contributed by atoms with Gasteiger partial charge < -0.3 is 4.57 Å². The van der Waals surface area contributed by atoms with Gasteiger partial charge in [0, 0.05) is 23.2 Å². The van der Waals surface area contributed by atoms with Crippen LogP contribution in [0.25, 0.3) is 21.8 Å². The van der Waals surface area contributed by atoms with Crippen molar-refractivity contribution in [3.05, 3.63) is 70.9 Å². The molecule has 3 rings (SSSR count). The molecule has 0 radical (unpaired) electrons. The number of alkyl halides is 1. The minimum atomic E-state index is 0.0731. The minimum Gasteiger partial charge on any atom is -0.336 e. The predicted molar refractivity (Wildman–Crippen MR) is 85.6 cm³/mol. The smallest absolute Gasteiger partial charge is 0.197 e. The molecule has 20 heavy (non-hydrogen) atoms. The summed E-state index contributed by atoms with van der Waals surface area (Å²) in [7, 11) is 0. The van der Waals surface area contributed by atoms with Gasteiger partial charge in [-0.1, -0.05) is 30.8 Å². The molecule has 100 valence electrons.